The molecule has 0 fully saturated rings. The number of nitro benzene ring substituents is 1. The van der Waals surface area contributed by atoms with Gasteiger partial charge in [0.05, 0.1) is 10.8 Å². The molecule has 0 aliphatic carbocycles. The highest BCUT2D eigenvalue weighted by atomic mass is 16.8. The molecular weight excluding hydrogens is 448 g/mol. The number of ether oxygens (including phenoxy) is 2. The van der Waals surface area contributed by atoms with Crippen molar-refractivity contribution in [1.29, 1.82) is 0 Å². The van der Waals surface area contributed by atoms with Crippen LogP contribution in [0.5, 0.6) is 0 Å². The number of carbonyl (C=O) groups excluding carboxylic acids is 1. The molecule has 4 rings (SSSR count). The predicted molar refractivity (Wildman–Crippen MR) is 127 cm³/mol. The Bertz CT molecular complexity index is 1300. The highest BCUT2D eigenvalue weighted by Gasteiger charge is 2.46. The van der Waals surface area contributed by atoms with Gasteiger partial charge in [-0.2, -0.15) is 4.57 Å². The summed E-state index contributed by atoms with van der Waals surface area (Å²) in [6.07, 6.45) is 3.78. The van der Waals surface area contributed by atoms with Gasteiger partial charge in [0, 0.05) is 43.2 Å². The van der Waals surface area contributed by atoms with Gasteiger partial charge in [0.15, 0.2) is 18.4 Å². The summed E-state index contributed by atoms with van der Waals surface area (Å²) in [4.78, 5) is 24.1. The maximum Gasteiger partial charge on any atom is 0.345 e. The number of non-ortho nitro benzene ring substituents is 1. The third kappa shape index (κ3) is 5.01. The first-order valence-electron chi connectivity index (χ1n) is 11.2. The van der Waals surface area contributed by atoms with Crippen LogP contribution in [-0.4, -0.2) is 21.8 Å². The molecule has 0 amide bonds. The fraction of sp³-hybridized carbons (Fsp3) is 0.259. The summed E-state index contributed by atoms with van der Waals surface area (Å²) in [6.45, 7) is 6.99. The zero-order valence-electron chi connectivity index (χ0n) is 20.0. The largest absolute Gasteiger partial charge is 0.480 e. The van der Waals surface area contributed by atoms with E-state index >= 15 is 0 Å². The Hall–Kier alpha value is -4.20. The molecule has 0 radical (unpaired) electrons. The van der Waals surface area contributed by atoms with E-state index in [-0.39, 0.29) is 11.3 Å². The van der Waals surface area contributed by atoms with E-state index in [1.165, 1.54) is 12.1 Å². The fourth-order valence-corrected chi connectivity index (χ4v) is 4.33. The molecule has 35 heavy (non-hydrogen) atoms. The molecule has 2 heterocycles. The number of aliphatic hydroxyl groups excluding tert-OH is 1. The third-order valence-corrected chi connectivity index (χ3v) is 5.93. The zero-order valence-corrected chi connectivity index (χ0v) is 20.0. The number of pyridine rings is 1. The first kappa shape index (κ1) is 23.9. The number of hydrogen-bond donors (Lipinski definition) is 1. The minimum Gasteiger partial charge on any atom is -0.480 e. The Kier molecular flexibility index (Phi) is 6.30. The van der Waals surface area contributed by atoms with E-state index in [0.717, 1.165) is 16.7 Å². The van der Waals surface area contributed by atoms with Gasteiger partial charge in [0.1, 0.15) is 5.57 Å². The first-order valence-corrected chi connectivity index (χ1v) is 11.2. The second kappa shape index (κ2) is 9.21. The van der Waals surface area contributed by atoms with Crippen molar-refractivity contribution >= 4 is 11.7 Å². The van der Waals surface area contributed by atoms with Crippen LogP contribution in [0.1, 0.15) is 48.1 Å². The fourth-order valence-electron chi connectivity index (χ4n) is 4.33. The van der Waals surface area contributed by atoms with Crippen LogP contribution in [0.4, 0.5) is 5.69 Å². The minimum atomic E-state index is -1.32. The summed E-state index contributed by atoms with van der Waals surface area (Å²) in [6, 6.07) is 17.1. The summed E-state index contributed by atoms with van der Waals surface area (Å²) in [7, 11) is 0. The SMILES string of the molecule is Cc1ccc(C(C2=C(O)OC(C)(C)OC2=O)C(c2ccc([N+](=O)[O-])cc2)[n+]2cccc(C)c2)cc1. The molecule has 1 aliphatic rings. The van der Waals surface area contributed by atoms with E-state index in [1.54, 1.807) is 26.0 Å². The first-order chi connectivity index (χ1) is 16.6. The standard InChI is InChI=1S/C27H26N2O6/c1-17-7-9-19(10-8-17)22(23-25(30)34-27(3,4)35-26(23)31)24(28-15-5-6-18(2)16-28)20-11-13-21(14-12-20)29(32)33/h5-16,22,24H,1-4H3/p+1. The van der Waals surface area contributed by atoms with Gasteiger partial charge in [-0.15, -0.1) is 0 Å². The monoisotopic (exact) mass is 475 g/mol. The summed E-state index contributed by atoms with van der Waals surface area (Å²) >= 11 is 0. The van der Waals surface area contributed by atoms with Crippen LogP contribution in [0, 0.1) is 24.0 Å². The normalized spacial score (nSPS) is 16.7. The Morgan fingerprint density at radius 2 is 1.57 bits per heavy atom. The van der Waals surface area contributed by atoms with E-state index in [4.69, 9.17) is 9.47 Å². The summed E-state index contributed by atoms with van der Waals surface area (Å²) in [5.41, 5.74) is 3.39. The van der Waals surface area contributed by atoms with E-state index in [1.807, 2.05) is 67.2 Å². The predicted octanol–water partition coefficient (Wildman–Crippen LogP) is 4.95. The molecule has 1 aliphatic heterocycles. The van der Waals surface area contributed by atoms with Crippen molar-refractivity contribution in [2.45, 2.75) is 45.4 Å². The number of aliphatic hydroxyl groups is 1. The Balaban J connectivity index is 1.99. The number of esters is 1. The van der Waals surface area contributed by atoms with Crippen molar-refractivity contribution in [2.24, 2.45) is 0 Å². The number of rotatable bonds is 6. The molecule has 8 heteroatoms. The van der Waals surface area contributed by atoms with Crippen LogP contribution in [0.2, 0.25) is 0 Å². The van der Waals surface area contributed by atoms with E-state index in [0.29, 0.717) is 5.56 Å². The van der Waals surface area contributed by atoms with Gasteiger partial charge >= 0.3 is 5.97 Å². The third-order valence-electron chi connectivity index (χ3n) is 5.93. The Morgan fingerprint density at radius 3 is 2.14 bits per heavy atom. The van der Waals surface area contributed by atoms with Crippen molar-refractivity contribution in [2.75, 3.05) is 0 Å². The van der Waals surface area contributed by atoms with Gasteiger partial charge in [-0.3, -0.25) is 10.1 Å². The average molecular weight is 476 g/mol. The number of hydrogen-bond acceptors (Lipinski definition) is 6. The summed E-state index contributed by atoms with van der Waals surface area (Å²) in [5, 5.41) is 22.2. The van der Waals surface area contributed by atoms with Gasteiger partial charge < -0.3 is 14.6 Å². The minimum absolute atomic E-state index is 0.0227. The van der Waals surface area contributed by atoms with Crippen molar-refractivity contribution in [1.82, 2.24) is 0 Å². The second-order valence-corrected chi connectivity index (χ2v) is 9.12. The molecule has 0 bridgehead atoms. The lowest BCUT2D eigenvalue weighted by Gasteiger charge is -2.34. The number of carbonyl (C=O) groups is 1. The highest BCUT2D eigenvalue weighted by molar-refractivity contribution is 5.91. The highest BCUT2D eigenvalue weighted by Crippen LogP contribution is 2.42. The van der Waals surface area contributed by atoms with Crippen LogP contribution in [0.3, 0.4) is 0 Å². The van der Waals surface area contributed by atoms with Crippen LogP contribution in [-0.2, 0) is 14.3 Å². The molecule has 2 aromatic carbocycles. The molecule has 8 nitrogen and oxygen atoms in total. The quantitative estimate of drug-likeness (QED) is 0.234. The van der Waals surface area contributed by atoms with E-state index in [9.17, 15) is 20.0 Å². The van der Waals surface area contributed by atoms with Crippen LogP contribution in [0.15, 0.2) is 84.6 Å². The molecule has 3 aromatic rings. The number of benzene rings is 2. The molecule has 2 atom stereocenters. The summed E-state index contributed by atoms with van der Waals surface area (Å²) < 4.78 is 13.0. The number of cyclic esters (lactones) is 1. The number of aryl methyl sites for hydroxylation is 2. The van der Waals surface area contributed by atoms with Crippen LogP contribution >= 0.6 is 0 Å². The summed E-state index contributed by atoms with van der Waals surface area (Å²) in [5.74, 6) is -3.24. The van der Waals surface area contributed by atoms with Crippen molar-refractivity contribution in [3.63, 3.8) is 0 Å². The topological polar surface area (TPSA) is 103 Å². The molecular formula is C27H27N2O6+. The molecule has 180 valence electrons. The van der Waals surface area contributed by atoms with Gasteiger partial charge in [0.25, 0.3) is 17.4 Å². The molecule has 0 saturated heterocycles. The van der Waals surface area contributed by atoms with Gasteiger partial charge in [-0.05, 0) is 37.6 Å². The number of nitrogens with zero attached hydrogens (tertiary/aromatic N) is 2. The van der Waals surface area contributed by atoms with Crippen LogP contribution in [0.25, 0.3) is 0 Å². The smallest absolute Gasteiger partial charge is 0.345 e. The van der Waals surface area contributed by atoms with Gasteiger partial charge in [-0.1, -0.05) is 29.8 Å². The van der Waals surface area contributed by atoms with Crippen molar-refractivity contribution in [3.05, 3.63) is 117 Å². The number of aromatic nitrogens is 1. The Labute approximate surface area is 203 Å². The van der Waals surface area contributed by atoms with E-state index in [2.05, 4.69) is 0 Å². The molecule has 0 saturated carbocycles. The Morgan fingerprint density at radius 1 is 0.943 bits per heavy atom. The lowest BCUT2D eigenvalue weighted by atomic mass is 9.80. The van der Waals surface area contributed by atoms with Crippen molar-refractivity contribution in [3.8, 4) is 0 Å². The van der Waals surface area contributed by atoms with Crippen LogP contribution < -0.4 is 4.57 Å². The van der Waals surface area contributed by atoms with Gasteiger partial charge in [-0.25, -0.2) is 4.79 Å². The lowest BCUT2D eigenvalue weighted by Crippen LogP contribution is -2.46. The average Bonchev–Trinajstić information content (AvgIpc) is 2.78. The second-order valence-electron chi connectivity index (χ2n) is 9.12. The molecule has 1 N–H and O–H groups in total. The molecule has 2 unspecified atom stereocenters. The maximum atomic E-state index is 13.3. The lowest BCUT2D eigenvalue weighted by molar-refractivity contribution is -0.716. The van der Waals surface area contributed by atoms with Crippen molar-refractivity contribution < 1.29 is 28.9 Å². The van der Waals surface area contributed by atoms with E-state index < -0.39 is 34.6 Å². The molecule has 1 aromatic heterocycles. The number of nitro groups is 1. The zero-order chi connectivity index (χ0) is 25.3. The molecule has 0 spiro atoms. The maximum absolute atomic E-state index is 13.3. The van der Waals surface area contributed by atoms with Gasteiger partial charge in [0.2, 0.25) is 0 Å².